The third-order valence-corrected chi connectivity index (χ3v) is 5.59. The fraction of sp³-hybridized carbons (Fsp3) is 0.818. The van der Waals surface area contributed by atoms with Crippen molar-refractivity contribution in [3.05, 3.63) is 0 Å². The number of hydrogen-bond acceptors (Lipinski definition) is 4. The monoisotopic (exact) mass is 289 g/mol. The Labute approximate surface area is 113 Å². The van der Waals surface area contributed by atoms with Crippen LogP contribution in [-0.2, 0) is 19.8 Å². The number of Topliss-reactive ketones (excluding diaryl/α,β-unsaturated/α-hetero) is 1. The topological polar surface area (TPSA) is 86.8 Å². The molecule has 2 aliphatic heterocycles. The summed E-state index contributed by atoms with van der Waals surface area (Å²) in [5, 5.41) is 2.45. The van der Waals surface area contributed by atoms with Gasteiger partial charge in [0.15, 0.2) is 5.78 Å². The Morgan fingerprint density at radius 1 is 1.11 bits per heavy atom. The highest BCUT2D eigenvalue weighted by atomic mass is 32.2. The molecule has 1 N–H and O–H groups in total. The molecule has 2 rings (SSSR count). The van der Waals surface area contributed by atoms with E-state index in [1.807, 2.05) is 0 Å². The van der Waals surface area contributed by atoms with Crippen molar-refractivity contribution in [2.24, 2.45) is 0 Å². The smallest absolute Gasteiger partial charge is 0.282 e. The molecule has 2 heterocycles. The van der Waals surface area contributed by atoms with Crippen molar-refractivity contribution < 1.29 is 18.0 Å². The average molecular weight is 289 g/mol. The van der Waals surface area contributed by atoms with E-state index in [-0.39, 0.29) is 12.3 Å². The number of hydrogen-bond donors (Lipinski definition) is 1. The highest BCUT2D eigenvalue weighted by Crippen LogP contribution is 2.19. The molecule has 1 unspecified atom stereocenters. The Hall–Kier alpha value is -0.990. The molecule has 0 saturated carbocycles. The van der Waals surface area contributed by atoms with Crippen LogP contribution in [0.25, 0.3) is 0 Å². The Morgan fingerprint density at radius 2 is 1.74 bits per heavy atom. The first-order valence-corrected chi connectivity index (χ1v) is 7.93. The van der Waals surface area contributed by atoms with Crippen molar-refractivity contribution in [2.75, 3.05) is 26.2 Å². The Kier molecular flexibility index (Phi) is 4.54. The van der Waals surface area contributed by atoms with Gasteiger partial charge in [0.05, 0.1) is 12.6 Å². The van der Waals surface area contributed by atoms with E-state index in [0.717, 1.165) is 12.8 Å². The van der Waals surface area contributed by atoms with Gasteiger partial charge in [-0.15, -0.1) is 0 Å². The van der Waals surface area contributed by atoms with E-state index in [9.17, 15) is 18.0 Å². The second kappa shape index (κ2) is 5.98. The minimum atomic E-state index is -3.53. The molecule has 0 bridgehead atoms. The van der Waals surface area contributed by atoms with Gasteiger partial charge < -0.3 is 5.32 Å². The summed E-state index contributed by atoms with van der Waals surface area (Å²) >= 11 is 0. The molecule has 2 saturated heterocycles. The molecule has 0 spiro atoms. The summed E-state index contributed by atoms with van der Waals surface area (Å²) in [5.74, 6) is -0.243. The molecule has 2 fully saturated rings. The lowest BCUT2D eigenvalue weighted by Crippen LogP contribution is -2.46. The SMILES string of the molecule is O=CNC1CCCN(S(=O)(=O)N2CCCC2)CC1=O. The van der Waals surface area contributed by atoms with E-state index < -0.39 is 16.3 Å². The lowest BCUT2D eigenvalue weighted by atomic mass is 10.1. The number of rotatable bonds is 4. The van der Waals surface area contributed by atoms with Gasteiger partial charge in [0.25, 0.3) is 10.2 Å². The maximum absolute atomic E-state index is 12.4. The third-order valence-electron chi connectivity index (χ3n) is 3.61. The molecular formula is C11H19N3O4S. The summed E-state index contributed by atoms with van der Waals surface area (Å²) in [4.78, 5) is 22.3. The van der Waals surface area contributed by atoms with Crippen molar-refractivity contribution in [3.8, 4) is 0 Å². The number of amides is 1. The van der Waals surface area contributed by atoms with Crippen LogP contribution in [0.1, 0.15) is 25.7 Å². The molecular weight excluding hydrogens is 270 g/mol. The third kappa shape index (κ3) is 3.13. The molecule has 0 radical (unpaired) electrons. The number of carbonyl (C=O) groups excluding carboxylic acids is 2. The minimum absolute atomic E-state index is 0.148. The Morgan fingerprint density at radius 3 is 2.37 bits per heavy atom. The number of nitrogens with one attached hydrogen (secondary N) is 1. The zero-order valence-electron chi connectivity index (χ0n) is 10.7. The van der Waals surface area contributed by atoms with Crippen LogP contribution in [-0.4, -0.2) is 61.4 Å². The average Bonchev–Trinajstić information content (AvgIpc) is 2.84. The quantitative estimate of drug-likeness (QED) is 0.680. The van der Waals surface area contributed by atoms with E-state index in [2.05, 4.69) is 5.32 Å². The number of nitrogens with zero attached hydrogens (tertiary/aromatic N) is 2. The molecule has 8 heteroatoms. The summed E-state index contributed by atoms with van der Waals surface area (Å²) in [6.07, 6.45) is 3.30. The van der Waals surface area contributed by atoms with Crippen LogP contribution in [0, 0.1) is 0 Å². The van der Waals surface area contributed by atoms with E-state index in [1.54, 1.807) is 0 Å². The van der Waals surface area contributed by atoms with Crippen molar-refractivity contribution in [1.29, 1.82) is 0 Å². The van der Waals surface area contributed by atoms with E-state index in [4.69, 9.17) is 0 Å². The van der Waals surface area contributed by atoms with Crippen molar-refractivity contribution in [1.82, 2.24) is 13.9 Å². The van der Waals surface area contributed by atoms with Gasteiger partial charge in [-0.2, -0.15) is 17.0 Å². The second-order valence-electron chi connectivity index (χ2n) is 4.89. The molecule has 108 valence electrons. The van der Waals surface area contributed by atoms with E-state index in [0.29, 0.717) is 38.9 Å². The predicted octanol–water partition coefficient (Wildman–Crippen LogP) is -0.893. The summed E-state index contributed by atoms with van der Waals surface area (Å²) < 4.78 is 27.4. The lowest BCUT2D eigenvalue weighted by Gasteiger charge is -2.25. The Bertz CT molecular complexity index is 445. The maximum Gasteiger partial charge on any atom is 0.282 e. The maximum atomic E-state index is 12.4. The van der Waals surface area contributed by atoms with Gasteiger partial charge in [-0.05, 0) is 25.7 Å². The van der Waals surface area contributed by atoms with Crippen molar-refractivity contribution >= 4 is 22.4 Å². The van der Waals surface area contributed by atoms with E-state index in [1.165, 1.54) is 8.61 Å². The summed E-state index contributed by atoms with van der Waals surface area (Å²) in [6.45, 7) is 1.25. The standard InChI is InChI=1S/C11H19N3O4S/c15-9-12-10-4-3-7-14(8-11(10)16)19(17,18)13-5-1-2-6-13/h9-10H,1-8H2,(H,12,15). The van der Waals surface area contributed by atoms with Gasteiger partial charge in [0.1, 0.15) is 0 Å². The number of carbonyl (C=O) groups is 2. The minimum Gasteiger partial charge on any atom is -0.349 e. The fourth-order valence-corrected chi connectivity index (χ4v) is 4.23. The molecule has 1 amide bonds. The predicted molar refractivity (Wildman–Crippen MR) is 68.5 cm³/mol. The van der Waals surface area contributed by atoms with Gasteiger partial charge in [0, 0.05) is 19.6 Å². The van der Waals surface area contributed by atoms with Gasteiger partial charge in [0.2, 0.25) is 6.41 Å². The normalized spacial score (nSPS) is 27.2. The van der Waals surface area contributed by atoms with Crippen LogP contribution in [0.4, 0.5) is 0 Å². The van der Waals surface area contributed by atoms with Crippen LogP contribution >= 0.6 is 0 Å². The molecule has 19 heavy (non-hydrogen) atoms. The summed E-state index contributed by atoms with van der Waals surface area (Å²) in [5.41, 5.74) is 0. The molecule has 0 aliphatic carbocycles. The molecule has 0 aromatic carbocycles. The molecule has 2 aliphatic rings. The van der Waals surface area contributed by atoms with Gasteiger partial charge in [-0.3, -0.25) is 9.59 Å². The second-order valence-corrected chi connectivity index (χ2v) is 6.82. The fourth-order valence-electron chi connectivity index (χ4n) is 2.53. The van der Waals surface area contributed by atoms with Crippen molar-refractivity contribution in [2.45, 2.75) is 31.7 Å². The van der Waals surface area contributed by atoms with Crippen LogP contribution in [0.5, 0.6) is 0 Å². The van der Waals surface area contributed by atoms with Gasteiger partial charge in [-0.25, -0.2) is 0 Å². The lowest BCUT2D eigenvalue weighted by molar-refractivity contribution is -0.123. The first-order chi connectivity index (χ1) is 9.05. The zero-order valence-corrected chi connectivity index (χ0v) is 11.6. The molecule has 1 atom stereocenters. The zero-order chi connectivity index (χ0) is 13.9. The number of ketones is 1. The largest absolute Gasteiger partial charge is 0.349 e. The van der Waals surface area contributed by atoms with Crippen molar-refractivity contribution in [3.63, 3.8) is 0 Å². The highest BCUT2D eigenvalue weighted by Gasteiger charge is 2.35. The van der Waals surface area contributed by atoms with Crippen LogP contribution in [0.15, 0.2) is 0 Å². The molecule has 0 aromatic heterocycles. The first-order valence-electron chi connectivity index (χ1n) is 6.53. The summed E-state index contributed by atoms with van der Waals surface area (Å²) in [6, 6.07) is -0.559. The van der Waals surface area contributed by atoms with Crippen LogP contribution in [0.3, 0.4) is 0 Å². The van der Waals surface area contributed by atoms with Gasteiger partial charge >= 0.3 is 0 Å². The van der Waals surface area contributed by atoms with Crippen LogP contribution in [0.2, 0.25) is 0 Å². The highest BCUT2D eigenvalue weighted by molar-refractivity contribution is 7.86. The van der Waals surface area contributed by atoms with Gasteiger partial charge in [-0.1, -0.05) is 0 Å². The Balaban J connectivity index is 2.08. The first kappa shape index (κ1) is 14.4. The summed E-state index contributed by atoms with van der Waals surface area (Å²) in [7, 11) is -3.53. The molecule has 0 aromatic rings. The van der Waals surface area contributed by atoms with E-state index >= 15 is 0 Å². The van der Waals surface area contributed by atoms with Crippen LogP contribution < -0.4 is 5.32 Å². The molecule has 7 nitrogen and oxygen atoms in total.